The Morgan fingerprint density at radius 3 is 1.95 bits per heavy atom. The predicted octanol–water partition coefficient (Wildman–Crippen LogP) is 4.08. The van der Waals surface area contributed by atoms with E-state index >= 15 is 0 Å². The summed E-state index contributed by atoms with van der Waals surface area (Å²) in [5.74, 6) is 0.557. The maximum absolute atomic E-state index is 8.04. The molecular formula is C14H31NO3Si. The standard InChI is InChI=1S/C14H31NO3Si/c1-10-16-19(9,17-12(15)13(4,5)6)18-14(7,8)11(2)3/h11,15H,10H2,1-9H3. The molecule has 0 rings (SSSR count). The summed E-state index contributed by atoms with van der Waals surface area (Å²) < 4.78 is 17.7. The molecule has 114 valence electrons. The van der Waals surface area contributed by atoms with Crippen molar-refractivity contribution in [2.24, 2.45) is 11.3 Å². The summed E-state index contributed by atoms with van der Waals surface area (Å²) >= 11 is 0. The van der Waals surface area contributed by atoms with Crippen LogP contribution in [0, 0.1) is 16.7 Å². The van der Waals surface area contributed by atoms with Crippen LogP contribution in [0.4, 0.5) is 0 Å². The van der Waals surface area contributed by atoms with Crippen molar-refractivity contribution in [3.05, 3.63) is 0 Å². The Morgan fingerprint density at radius 2 is 1.63 bits per heavy atom. The van der Waals surface area contributed by atoms with Gasteiger partial charge in [0.2, 0.25) is 0 Å². The van der Waals surface area contributed by atoms with Crippen LogP contribution in [-0.4, -0.2) is 26.9 Å². The summed E-state index contributed by atoms with van der Waals surface area (Å²) in [6, 6.07) is 0. The summed E-state index contributed by atoms with van der Waals surface area (Å²) in [5, 5.41) is 8.04. The van der Waals surface area contributed by atoms with E-state index in [1.165, 1.54) is 0 Å². The second-order valence-corrected chi connectivity index (χ2v) is 9.26. The molecule has 0 saturated carbocycles. The van der Waals surface area contributed by atoms with Crippen molar-refractivity contribution in [3.8, 4) is 0 Å². The van der Waals surface area contributed by atoms with Crippen molar-refractivity contribution in [1.82, 2.24) is 0 Å². The lowest BCUT2D eigenvalue weighted by Gasteiger charge is -2.39. The third kappa shape index (κ3) is 6.06. The fraction of sp³-hybridized carbons (Fsp3) is 0.929. The Labute approximate surface area is 119 Å². The van der Waals surface area contributed by atoms with Gasteiger partial charge >= 0.3 is 8.80 Å². The molecule has 4 nitrogen and oxygen atoms in total. The average Bonchev–Trinajstić information content (AvgIpc) is 2.14. The summed E-state index contributed by atoms with van der Waals surface area (Å²) in [6.07, 6.45) is 0. The van der Waals surface area contributed by atoms with Crippen LogP contribution in [0.5, 0.6) is 0 Å². The molecule has 0 aliphatic heterocycles. The van der Waals surface area contributed by atoms with Crippen LogP contribution >= 0.6 is 0 Å². The van der Waals surface area contributed by atoms with E-state index in [9.17, 15) is 0 Å². The summed E-state index contributed by atoms with van der Waals surface area (Å²) in [6.45, 7) is 18.4. The molecule has 0 aliphatic carbocycles. The fourth-order valence-electron chi connectivity index (χ4n) is 1.28. The molecule has 0 aromatic carbocycles. The highest BCUT2D eigenvalue weighted by Gasteiger charge is 2.45. The van der Waals surface area contributed by atoms with Crippen molar-refractivity contribution >= 4 is 14.7 Å². The minimum absolute atomic E-state index is 0.217. The Kier molecular flexibility index (Phi) is 6.24. The molecule has 1 unspecified atom stereocenters. The van der Waals surface area contributed by atoms with Gasteiger partial charge in [-0.25, -0.2) is 0 Å². The first-order valence-electron chi connectivity index (χ1n) is 6.96. The van der Waals surface area contributed by atoms with Gasteiger partial charge in [0.1, 0.15) is 0 Å². The third-order valence-corrected chi connectivity index (χ3v) is 5.50. The summed E-state index contributed by atoms with van der Waals surface area (Å²) in [4.78, 5) is 0. The van der Waals surface area contributed by atoms with E-state index in [1.54, 1.807) is 0 Å². The lowest BCUT2D eigenvalue weighted by Crippen LogP contribution is -2.52. The Balaban J connectivity index is 5.01. The van der Waals surface area contributed by atoms with Gasteiger partial charge in [-0.15, -0.1) is 0 Å². The van der Waals surface area contributed by atoms with Crippen LogP contribution in [0.1, 0.15) is 55.4 Å². The molecule has 0 saturated heterocycles. The quantitative estimate of drug-likeness (QED) is 0.455. The van der Waals surface area contributed by atoms with E-state index in [0.29, 0.717) is 12.5 Å². The molecule has 0 radical (unpaired) electrons. The van der Waals surface area contributed by atoms with E-state index in [-0.39, 0.29) is 16.9 Å². The monoisotopic (exact) mass is 289 g/mol. The number of nitrogens with one attached hydrogen (secondary N) is 1. The summed E-state index contributed by atoms with van der Waals surface area (Å²) in [5.41, 5.74) is -0.676. The van der Waals surface area contributed by atoms with Gasteiger partial charge in [0, 0.05) is 18.6 Å². The van der Waals surface area contributed by atoms with E-state index in [4.69, 9.17) is 18.7 Å². The second-order valence-electron chi connectivity index (χ2n) is 6.84. The molecule has 19 heavy (non-hydrogen) atoms. The molecule has 1 N–H and O–H groups in total. The smallest absolute Gasteiger partial charge is 0.489 e. The lowest BCUT2D eigenvalue weighted by molar-refractivity contribution is -0.0158. The van der Waals surface area contributed by atoms with E-state index in [1.807, 2.05) is 48.1 Å². The van der Waals surface area contributed by atoms with Crippen LogP contribution in [0.15, 0.2) is 0 Å². The van der Waals surface area contributed by atoms with Gasteiger partial charge in [-0.3, -0.25) is 5.41 Å². The first-order valence-corrected chi connectivity index (χ1v) is 9.18. The zero-order valence-corrected chi connectivity index (χ0v) is 15.0. The number of hydrogen-bond acceptors (Lipinski definition) is 4. The SMILES string of the molecule is CCO[Si](C)(OC(=N)C(C)(C)C)OC(C)(C)C(C)C. The van der Waals surface area contributed by atoms with Crippen LogP contribution < -0.4 is 0 Å². The lowest BCUT2D eigenvalue weighted by atomic mass is 9.95. The molecule has 0 fully saturated rings. The van der Waals surface area contributed by atoms with Crippen LogP contribution in [-0.2, 0) is 13.3 Å². The van der Waals surface area contributed by atoms with E-state index in [0.717, 1.165) is 0 Å². The van der Waals surface area contributed by atoms with E-state index in [2.05, 4.69) is 13.8 Å². The maximum Gasteiger partial charge on any atom is 0.564 e. The molecule has 0 aliphatic rings. The Morgan fingerprint density at radius 1 is 1.16 bits per heavy atom. The molecule has 0 amide bonds. The minimum atomic E-state index is -2.85. The number of rotatable bonds is 6. The van der Waals surface area contributed by atoms with Crippen LogP contribution in [0.3, 0.4) is 0 Å². The minimum Gasteiger partial charge on any atom is -0.489 e. The zero-order chi connectivity index (χ0) is 15.5. The van der Waals surface area contributed by atoms with Gasteiger partial charge in [-0.05, 0) is 26.7 Å². The molecular weight excluding hydrogens is 258 g/mol. The first-order chi connectivity index (χ1) is 8.34. The third-order valence-electron chi connectivity index (χ3n) is 3.21. The molecule has 1 atom stereocenters. The molecule has 0 aromatic heterocycles. The first kappa shape index (κ1) is 18.6. The molecule has 0 spiro atoms. The van der Waals surface area contributed by atoms with Gasteiger partial charge in [0.05, 0.1) is 5.60 Å². The highest BCUT2D eigenvalue weighted by atomic mass is 28.4. The van der Waals surface area contributed by atoms with Gasteiger partial charge in [-0.1, -0.05) is 34.6 Å². The molecule has 0 aromatic rings. The van der Waals surface area contributed by atoms with Crippen molar-refractivity contribution < 1.29 is 13.3 Å². The summed E-state index contributed by atoms with van der Waals surface area (Å²) in [7, 11) is -2.85. The van der Waals surface area contributed by atoms with Crippen molar-refractivity contribution in [2.75, 3.05) is 6.61 Å². The van der Waals surface area contributed by atoms with Gasteiger partial charge in [0.15, 0.2) is 5.90 Å². The number of hydrogen-bond donors (Lipinski definition) is 1. The van der Waals surface area contributed by atoms with Crippen molar-refractivity contribution in [1.29, 1.82) is 5.41 Å². The zero-order valence-electron chi connectivity index (χ0n) is 14.0. The van der Waals surface area contributed by atoms with Gasteiger partial charge in [-0.2, -0.15) is 0 Å². The highest BCUT2D eigenvalue weighted by molar-refractivity contribution is 6.61. The topological polar surface area (TPSA) is 51.5 Å². The average molecular weight is 289 g/mol. The van der Waals surface area contributed by atoms with Crippen LogP contribution in [0.25, 0.3) is 0 Å². The molecule has 0 bridgehead atoms. The Bertz CT molecular complexity index is 310. The van der Waals surface area contributed by atoms with Crippen LogP contribution in [0.2, 0.25) is 6.55 Å². The molecule has 5 heteroatoms. The Hall–Kier alpha value is -0.393. The highest BCUT2D eigenvalue weighted by Crippen LogP contribution is 2.28. The van der Waals surface area contributed by atoms with E-state index < -0.39 is 8.80 Å². The van der Waals surface area contributed by atoms with Crippen molar-refractivity contribution in [3.63, 3.8) is 0 Å². The maximum atomic E-state index is 8.04. The normalized spacial score (nSPS) is 16.3. The van der Waals surface area contributed by atoms with Gasteiger partial charge in [0.25, 0.3) is 0 Å². The van der Waals surface area contributed by atoms with Gasteiger partial charge < -0.3 is 13.3 Å². The predicted molar refractivity (Wildman–Crippen MR) is 81.5 cm³/mol. The van der Waals surface area contributed by atoms with Crippen molar-refractivity contribution in [2.45, 2.75) is 67.5 Å². The second kappa shape index (κ2) is 6.37. The molecule has 0 heterocycles. The largest absolute Gasteiger partial charge is 0.564 e. The fourth-order valence-corrected chi connectivity index (χ4v) is 3.83.